The van der Waals surface area contributed by atoms with E-state index in [2.05, 4.69) is 25.1 Å². The Labute approximate surface area is 173 Å². The van der Waals surface area contributed by atoms with Gasteiger partial charge in [-0.25, -0.2) is 4.79 Å². The number of hydrogen-bond acceptors (Lipinski definition) is 6. The molecule has 2 aromatic carbocycles. The predicted octanol–water partition coefficient (Wildman–Crippen LogP) is 4.55. The highest BCUT2D eigenvalue weighted by atomic mass is 35.5. The van der Waals surface area contributed by atoms with Crippen molar-refractivity contribution in [1.82, 2.24) is 15.3 Å². The zero-order chi connectivity index (χ0) is 20.5. The number of halogens is 2. The topological polar surface area (TPSA) is 114 Å². The van der Waals surface area contributed by atoms with E-state index in [4.69, 9.17) is 27.7 Å². The Balaban J connectivity index is 1.69. The zero-order valence-corrected chi connectivity index (χ0v) is 16.3. The molecule has 2 aromatic heterocycles. The van der Waals surface area contributed by atoms with Crippen molar-refractivity contribution in [1.29, 1.82) is 0 Å². The molecule has 0 aliphatic heterocycles. The van der Waals surface area contributed by atoms with Gasteiger partial charge in [-0.1, -0.05) is 51.7 Å². The fraction of sp³-hybridized carbons (Fsp3) is 0.0526. The monoisotopic (exact) mass is 430 g/mol. The van der Waals surface area contributed by atoms with Gasteiger partial charge < -0.3 is 9.84 Å². The van der Waals surface area contributed by atoms with Crippen LogP contribution in [0.3, 0.4) is 0 Å². The third kappa shape index (κ3) is 3.67. The lowest BCUT2D eigenvalue weighted by atomic mass is 10.1. The lowest BCUT2D eigenvalue weighted by Crippen LogP contribution is -2.13. The number of nitrogens with one attached hydrogen (secondary N) is 2. The van der Waals surface area contributed by atoms with E-state index in [-0.39, 0.29) is 17.1 Å². The molecule has 0 bridgehead atoms. The van der Waals surface area contributed by atoms with Crippen LogP contribution in [0.15, 0.2) is 56.3 Å². The fourth-order valence-electron chi connectivity index (χ4n) is 2.83. The minimum Gasteiger partial charge on any atom is -0.360 e. The van der Waals surface area contributed by atoms with Crippen LogP contribution in [0, 0.1) is 6.92 Å². The first-order valence-corrected chi connectivity index (χ1v) is 9.08. The second-order valence-corrected chi connectivity index (χ2v) is 6.85. The Bertz CT molecular complexity index is 1250. The first-order chi connectivity index (χ1) is 13.9. The van der Waals surface area contributed by atoms with Crippen LogP contribution < -0.4 is 11.1 Å². The standard InChI is InChI=1S/C19H12Cl2N4O4/c1-9-14(16(24-28-9)15-12(20)6-3-7-13(15)21)18(26)22-11-5-2-4-10(8-11)17-23-19(27)29-25-17/h2-8H,1H3,(H,22,26)(H,23,25,27). The number of hydrogen-bond donors (Lipinski definition) is 2. The highest BCUT2D eigenvalue weighted by Crippen LogP contribution is 2.37. The van der Waals surface area contributed by atoms with Crippen LogP contribution in [0.2, 0.25) is 10.0 Å². The first kappa shape index (κ1) is 19.0. The van der Waals surface area contributed by atoms with Crippen molar-refractivity contribution in [3.63, 3.8) is 0 Å². The summed E-state index contributed by atoms with van der Waals surface area (Å²) in [7, 11) is 0. The van der Waals surface area contributed by atoms with Crippen LogP contribution in [0.4, 0.5) is 5.69 Å². The third-order valence-corrected chi connectivity index (χ3v) is 4.75. The number of amides is 1. The number of carbonyl (C=O) groups excluding carboxylic acids is 1. The molecule has 0 saturated carbocycles. The molecule has 0 atom stereocenters. The molecule has 2 heterocycles. The quantitative estimate of drug-likeness (QED) is 0.490. The van der Waals surface area contributed by atoms with Crippen LogP contribution in [0.5, 0.6) is 0 Å². The maximum absolute atomic E-state index is 13.0. The van der Waals surface area contributed by atoms with E-state index in [0.717, 1.165) is 0 Å². The molecule has 146 valence electrons. The van der Waals surface area contributed by atoms with Crippen molar-refractivity contribution in [3.8, 4) is 22.6 Å². The molecule has 2 N–H and O–H groups in total. The molecule has 0 aliphatic carbocycles. The van der Waals surface area contributed by atoms with Crippen LogP contribution in [0.25, 0.3) is 22.6 Å². The van der Waals surface area contributed by atoms with Gasteiger partial charge in [-0.3, -0.25) is 14.3 Å². The minimum atomic E-state index is -0.671. The van der Waals surface area contributed by atoms with E-state index in [1.54, 1.807) is 49.4 Å². The van der Waals surface area contributed by atoms with E-state index in [1.807, 2.05) is 0 Å². The fourth-order valence-corrected chi connectivity index (χ4v) is 3.40. The lowest BCUT2D eigenvalue weighted by Gasteiger charge is -2.08. The molecule has 0 fully saturated rings. The van der Waals surface area contributed by atoms with Crippen molar-refractivity contribution in [2.75, 3.05) is 5.32 Å². The smallest absolute Gasteiger partial charge is 0.360 e. The van der Waals surface area contributed by atoms with E-state index in [9.17, 15) is 9.59 Å². The summed E-state index contributed by atoms with van der Waals surface area (Å²) in [6.45, 7) is 1.62. The van der Waals surface area contributed by atoms with Crippen LogP contribution in [0.1, 0.15) is 16.1 Å². The number of carbonyl (C=O) groups is 1. The number of aromatic nitrogens is 3. The van der Waals surface area contributed by atoms with Crippen molar-refractivity contribution >= 4 is 34.8 Å². The third-order valence-electron chi connectivity index (χ3n) is 4.12. The van der Waals surface area contributed by atoms with E-state index in [1.165, 1.54) is 0 Å². The van der Waals surface area contributed by atoms with E-state index >= 15 is 0 Å². The Kier molecular flexibility index (Phi) is 4.96. The van der Waals surface area contributed by atoms with Crippen LogP contribution >= 0.6 is 23.2 Å². The highest BCUT2D eigenvalue weighted by molar-refractivity contribution is 6.39. The normalized spacial score (nSPS) is 10.9. The Morgan fingerprint density at radius 1 is 1.07 bits per heavy atom. The van der Waals surface area contributed by atoms with Crippen molar-refractivity contribution in [2.45, 2.75) is 6.92 Å². The Hall–Kier alpha value is -3.36. The van der Waals surface area contributed by atoms with E-state index < -0.39 is 11.7 Å². The largest absolute Gasteiger partial charge is 0.439 e. The van der Waals surface area contributed by atoms with Gasteiger partial charge in [-0.15, -0.1) is 0 Å². The molecule has 0 saturated heterocycles. The number of anilines is 1. The first-order valence-electron chi connectivity index (χ1n) is 8.32. The zero-order valence-electron chi connectivity index (χ0n) is 14.8. The van der Waals surface area contributed by atoms with Gasteiger partial charge in [0.15, 0.2) is 5.82 Å². The molecule has 10 heteroatoms. The van der Waals surface area contributed by atoms with Crippen LogP contribution in [-0.2, 0) is 0 Å². The molecule has 8 nitrogen and oxygen atoms in total. The van der Waals surface area contributed by atoms with Gasteiger partial charge in [0.1, 0.15) is 17.0 Å². The van der Waals surface area contributed by atoms with Gasteiger partial charge in [0.05, 0.1) is 10.0 Å². The summed E-state index contributed by atoms with van der Waals surface area (Å²) >= 11 is 12.5. The molecule has 0 aliphatic rings. The summed E-state index contributed by atoms with van der Waals surface area (Å²) in [6, 6.07) is 11.7. The van der Waals surface area contributed by atoms with Gasteiger partial charge in [-0.2, -0.15) is 0 Å². The molecule has 0 unspecified atom stereocenters. The number of benzene rings is 2. The van der Waals surface area contributed by atoms with Gasteiger partial charge >= 0.3 is 5.76 Å². The summed E-state index contributed by atoms with van der Waals surface area (Å²) in [5.74, 6) is -0.572. The number of nitrogens with zero attached hydrogens (tertiary/aromatic N) is 2. The summed E-state index contributed by atoms with van der Waals surface area (Å²) in [5.41, 5.74) is 1.89. The second kappa shape index (κ2) is 7.57. The summed E-state index contributed by atoms with van der Waals surface area (Å²) < 4.78 is 9.73. The van der Waals surface area contributed by atoms with Gasteiger partial charge in [0.2, 0.25) is 0 Å². The molecule has 0 spiro atoms. The number of aromatic amines is 1. The summed E-state index contributed by atoms with van der Waals surface area (Å²) in [4.78, 5) is 26.6. The average Bonchev–Trinajstić information content (AvgIpc) is 3.28. The van der Waals surface area contributed by atoms with Crippen molar-refractivity contribution < 1.29 is 13.8 Å². The molecule has 4 rings (SSSR count). The van der Waals surface area contributed by atoms with Crippen molar-refractivity contribution in [3.05, 3.63) is 74.4 Å². The Morgan fingerprint density at radius 3 is 2.48 bits per heavy atom. The summed E-state index contributed by atoms with van der Waals surface area (Å²) in [5, 5.41) is 11.1. The predicted molar refractivity (Wildman–Crippen MR) is 107 cm³/mol. The summed E-state index contributed by atoms with van der Waals surface area (Å²) in [6.07, 6.45) is 0. The molecular formula is C19H12Cl2N4O4. The van der Waals surface area contributed by atoms with E-state index in [0.29, 0.717) is 32.6 Å². The molecule has 0 radical (unpaired) electrons. The lowest BCUT2D eigenvalue weighted by molar-refractivity contribution is 0.102. The maximum Gasteiger partial charge on any atom is 0.439 e. The van der Waals surface area contributed by atoms with Crippen LogP contribution in [-0.4, -0.2) is 21.2 Å². The minimum absolute atomic E-state index is 0.209. The highest BCUT2D eigenvalue weighted by Gasteiger charge is 2.25. The van der Waals surface area contributed by atoms with Gasteiger partial charge in [0, 0.05) is 16.8 Å². The Morgan fingerprint density at radius 2 is 1.79 bits per heavy atom. The second-order valence-electron chi connectivity index (χ2n) is 6.04. The van der Waals surface area contributed by atoms with Gasteiger partial charge in [-0.05, 0) is 31.2 Å². The maximum atomic E-state index is 13.0. The number of aryl methyl sites for hydroxylation is 1. The number of rotatable bonds is 4. The molecule has 4 aromatic rings. The average molecular weight is 431 g/mol. The SMILES string of the molecule is Cc1onc(-c2c(Cl)cccc2Cl)c1C(=O)Nc1cccc(-c2noc(=O)[nH]2)c1. The van der Waals surface area contributed by atoms with Gasteiger partial charge in [0.25, 0.3) is 5.91 Å². The number of H-pyrrole nitrogens is 1. The van der Waals surface area contributed by atoms with Crippen molar-refractivity contribution in [2.24, 2.45) is 0 Å². The molecule has 29 heavy (non-hydrogen) atoms. The molecular weight excluding hydrogens is 419 g/mol. The molecule has 1 amide bonds.